The first kappa shape index (κ1) is 20.9. The first-order chi connectivity index (χ1) is 13.4. The number of nitrogens with zero attached hydrogens (tertiary/aromatic N) is 1. The van der Waals surface area contributed by atoms with Crippen molar-refractivity contribution in [1.82, 2.24) is 4.31 Å². The van der Waals surface area contributed by atoms with Gasteiger partial charge >= 0.3 is 5.97 Å². The smallest absolute Gasteiger partial charge is 0.338 e. The van der Waals surface area contributed by atoms with Gasteiger partial charge in [0, 0.05) is 13.1 Å². The molecule has 9 heteroatoms. The molecule has 2 aromatic carbocycles. The molecule has 0 amide bonds. The molecule has 0 radical (unpaired) electrons. The predicted octanol–water partition coefficient (Wildman–Crippen LogP) is 4.01. The lowest BCUT2D eigenvalue weighted by Crippen LogP contribution is -2.28. The fourth-order valence-electron chi connectivity index (χ4n) is 2.83. The standard InChI is InChI=1S/C19H19Cl2NO5S/c20-15-5-1-2-6-17(15)26-11-12-27-19(23)14-7-8-16(21)18(13-14)28(24,25)22-9-3-4-10-22/h1-2,5-8,13H,3-4,9-12H2. The Labute approximate surface area is 174 Å². The van der Waals surface area contributed by atoms with Crippen LogP contribution in [-0.4, -0.2) is 45.0 Å². The fraction of sp³-hybridized carbons (Fsp3) is 0.316. The van der Waals surface area contributed by atoms with Crippen LogP contribution in [0.2, 0.25) is 10.0 Å². The molecule has 150 valence electrons. The highest BCUT2D eigenvalue weighted by molar-refractivity contribution is 7.89. The Bertz CT molecular complexity index is 959. The molecule has 1 aliphatic heterocycles. The summed E-state index contributed by atoms with van der Waals surface area (Å²) >= 11 is 12.1. The minimum atomic E-state index is -3.74. The van der Waals surface area contributed by atoms with Crippen molar-refractivity contribution in [2.24, 2.45) is 0 Å². The predicted molar refractivity (Wildman–Crippen MR) is 107 cm³/mol. The van der Waals surface area contributed by atoms with Crippen molar-refractivity contribution in [3.63, 3.8) is 0 Å². The summed E-state index contributed by atoms with van der Waals surface area (Å²) < 4.78 is 37.5. The van der Waals surface area contributed by atoms with Crippen LogP contribution in [0.25, 0.3) is 0 Å². The number of rotatable bonds is 7. The third-order valence-corrected chi connectivity index (χ3v) is 6.95. The molecule has 0 spiro atoms. The van der Waals surface area contributed by atoms with Crippen LogP contribution in [0, 0.1) is 0 Å². The van der Waals surface area contributed by atoms with E-state index in [1.807, 2.05) is 0 Å². The van der Waals surface area contributed by atoms with Crippen molar-refractivity contribution in [3.8, 4) is 5.75 Å². The second-order valence-electron chi connectivity index (χ2n) is 6.17. The molecule has 1 heterocycles. The van der Waals surface area contributed by atoms with Gasteiger partial charge in [-0.15, -0.1) is 0 Å². The van der Waals surface area contributed by atoms with E-state index in [0.717, 1.165) is 12.8 Å². The lowest BCUT2D eigenvalue weighted by molar-refractivity contribution is 0.0450. The van der Waals surface area contributed by atoms with Crippen LogP contribution in [0.4, 0.5) is 0 Å². The normalized spacial score (nSPS) is 14.8. The van der Waals surface area contributed by atoms with E-state index in [4.69, 9.17) is 32.7 Å². The minimum Gasteiger partial charge on any atom is -0.488 e. The van der Waals surface area contributed by atoms with Crippen molar-refractivity contribution < 1.29 is 22.7 Å². The molecule has 0 N–H and O–H groups in total. The van der Waals surface area contributed by atoms with E-state index >= 15 is 0 Å². The first-order valence-electron chi connectivity index (χ1n) is 8.74. The quantitative estimate of drug-likeness (QED) is 0.477. The summed E-state index contributed by atoms with van der Waals surface area (Å²) in [5, 5.41) is 0.536. The molecule has 0 unspecified atom stereocenters. The van der Waals surface area contributed by atoms with Crippen molar-refractivity contribution in [2.75, 3.05) is 26.3 Å². The molecule has 1 aliphatic rings. The van der Waals surface area contributed by atoms with E-state index in [9.17, 15) is 13.2 Å². The molecule has 6 nitrogen and oxygen atoms in total. The van der Waals surface area contributed by atoms with Crippen LogP contribution in [0.3, 0.4) is 0 Å². The molecule has 3 rings (SSSR count). The lowest BCUT2D eigenvalue weighted by Gasteiger charge is -2.17. The summed E-state index contributed by atoms with van der Waals surface area (Å²) in [7, 11) is -3.74. The highest BCUT2D eigenvalue weighted by Crippen LogP contribution is 2.28. The summed E-state index contributed by atoms with van der Waals surface area (Å²) in [5.41, 5.74) is 0.111. The van der Waals surface area contributed by atoms with Gasteiger partial charge in [-0.1, -0.05) is 35.3 Å². The van der Waals surface area contributed by atoms with Gasteiger partial charge in [-0.25, -0.2) is 13.2 Å². The number of halogens is 2. The van der Waals surface area contributed by atoms with Crippen molar-refractivity contribution >= 4 is 39.2 Å². The number of para-hydroxylation sites is 1. The highest BCUT2D eigenvalue weighted by atomic mass is 35.5. The van der Waals surface area contributed by atoms with Gasteiger partial charge in [0.15, 0.2) is 0 Å². The van der Waals surface area contributed by atoms with E-state index in [-0.39, 0.29) is 28.7 Å². The van der Waals surface area contributed by atoms with E-state index in [2.05, 4.69) is 0 Å². The van der Waals surface area contributed by atoms with Crippen LogP contribution in [0.1, 0.15) is 23.2 Å². The number of ether oxygens (including phenoxy) is 2. The number of esters is 1. The average molecular weight is 444 g/mol. The molecular weight excluding hydrogens is 425 g/mol. The van der Waals surface area contributed by atoms with Gasteiger partial charge in [0.25, 0.3) is 0 Å². The first-order valence-corrected chi connectivity index (χ1v) is 10.9. The van der Waals surface area contributed by atoms with E-state index in [1.165, 1.54) is 22.5 Å². The molecule has 0 aliphatic carbocycles. The van der Waals surface area contributed by atoms with Gasteiger partial charge < -0.3 is 9.47 Å². The largest absolute Gasteiger partial charge is 0.488 e. The zero-order chi connectivity index (χ0) is 20.1. The topological polar surface area (TPSA) is 72.9 Å². The van der Waals surface area contributed by atoms with Crippen LogP contribution >= 0.6 is 23.2 Å². The Morgan fingerprint density at radius 3 is 2.43 bits per heavy atom. The summed E-state index contributed by atoms with van der Waals surface area (Å²) in [6.45, 7) is 1.00. The molecular formula is C19H19Cl2NO5S. The van der Waals surface area contributed by atoms with E-state index in [0.29, 0.717) is 23.9 Å². The van der Waals surface area contributed by atoms with E-state index in [1.54, 1.807) is 24.3 Å². The highest BCUT2D eigenvalue weighted by Gasteiger charge is 2.29. The number of carbonyl (C=O) groups excluding carboxylic acids is 1. The SMILES string of the molecule is O=C(OCCOc1ccccc1Cl)c1ccc(Cl)c(S(=O)(=O)N2CCCC2)c1. The van der Waals surface area contributed by atoms with Crippen LogP contribution < -0.4 is 4.74 Å². The summed E-state index contributed by atoms with van der Waals surface area (Å²) in [5.74, 6) is -0.164. The lowest BCUT2D eigenvalue weighted by atomic mass is 10.2. The third kappa shape index (κ3) is 4.78. The van der Waals surface area contributed by atoms with Crippen LogP contribution in [0.15, 0.2) is 47.4 Å². The van der Waals surface area contributed by atoms with Crippen molar-refractivity contribution in [2.45, 2.75) is 17.7 Å². The average Bonchev–Trinajstić information content (AvgIpc) is 3.22. The Balaban J connectivity index is 1.63. The number of hydrogen-bond donors (Lipinski definition) is 0. The van der Waals surface area contributed by atoms with Crippen LogP contribution in [-0.2, 0) is 14.8 Å². The monoisotopic (exact) mass is 443 g/mol. The zero-order valence-electron chi connectivity index (χ0n) is 14.9. The molecule has 0 saturated carbocycles. The van der Waals surface area contributed by atoms with Crippen molar-refractivity contribution in [3.05, 3.63) is 58.1 Å². The second kappa shape index (κ2) is 9.13. The van der Waals surface area contributed by atoms with Gasteiger partial charge in [-0.05, 0) is 43.2 Å². The number of sulfonamides is 1. The number of hydrogen-bond acceptors (Lipinski definition) is 5. The third-order valence-electron chi connectivity index (χ3n) is 4.26. The van der Waals surface area contributed by atoms with Crippen LogP contribution in [0.5, 0.6) is 5.75 Å². The molecule has 28 heavy (non-hydrogen) atoms. The maximum atomic E-state index is 12.7. The second-order valence-corrected chi connectivity index (χ2v) is 8.89. The van der Waals surface area contributed by atoms with Gasteiger partial charge in [-0.3, -0.25) is 0 Å². The van der Waals surface area contributed by atoms with Gasteiger partial charge in [0.2, 0.25) is 10.0 Å². The molecule has 0 atom stereocenters. The van der Waals surface area contributed by atoms with Gasteiger partial charge in [0.05, 0.1) is 15.6 Å². The van der Waals surface area contributed by atoms with Gasteiger partial charge in [-0.2, -0.15) is 4.31 Å². The summed E-state index contributed by atoms with van der Waals surface area (Å²) in [4.78, 5) is 12.2. The molecule has 0 aromatic heterocycles. The Hall–Kier alpha value is -1.80. The molecule has 1 saturated heterocycles. The Kier molecular flexibility index (Phi) is 6.82. The minimum absolute atomic E-state index is 0.0130. The molecule has 2 aromatic rings. The molecule has 1 fully saturated rings. The fourth-order valence-corrected chi connectivity index (χ4v) is 5.03. The maximum Gasteiger partial charge on any atom is 0.338 e. The molecule has 0 bridgehead atoms. The maximum absolute atomic E-state index is 12.7. The Morgan fingerprint density at radius 1 is 1.00 bits per heavy atom. The number of benzene rings is 2. The van der Waals surface area contributed by atoms with Crippen molar-refractivity contribution in [1.29, 1.82) is 0 Å². The summed E-state index contributed by atoms with van der Waals surface area (Å²) in [6.07, 6.45) is 1.62. The van der Waals surface area contributed by atoms with Gasteiger partial charge in [0.1, 0.15) is 23.9 Å². The number of carbonyl (C=O) groups is 1. The Morgan fingerprint density at radius 2 is 1.71 bits per heavy atom. The van der Waals surface area contributed by atoms with E-state index < -0.39 is 16.0 Å². The summed E-state index contributed by atoms with van der Waals surface area (Å²) in [6, 6.07) is 11.0. The zero-order valence-corrected chi connectivity index (χ0v) is 17.3.